The molecule has 1 atom stereocenters. The highest BCUT2D eigenvalue weighted by Crippen LogP contribution is 2.26. The fourth-order valence-electron chi connectivity index (χ4n) is 2.49. The van der Waals surface area contributed by atoms with Crippen LogP contribution < -0.4 is 10.6 Å². The van der Waals surface area contributed by atoms with Gasteiger partial charge in [0, 0.05) is 6.04 Å². The highest BCUT2D eigenvalue weighted by atomic mass is 35.5. The molecule has 4 heteroatoms. The third-order valence-electron chi connectivity index (χ3n) is 3.68. The van der Waals surface area contributed by atoms with E-state index in [1.165, 1.54) is 12.8 Å². The lowest BCUT2D eigenvalue weighted by molar-refractivity contribution is -0.122. The maximum atomic E-state index is 12.1. The molecule has 0 aromatic heterocycles. The Bertz CT molecular complexity index is 435. The van der Waals surface area contributed by atoms with Crippen LogP contribution in [0.2, 0.25) is 5.02 Å². The molecule has 0 aliphatic heterocycles. The first-order valence-corrected chi connectivity index (χ1v) is 7.27. The molecule has 0 radical (unpaired) electrons. The summed E-state index contributed by atoms with van der Waals surface area (Å²) >= 11 is 6.15. The van der Waals surface area contributed by atoms with E-state index in [1.807, 2.05) is 32.0 Å². The highest BCUT2D eigenvalue weighted by molar-refractivity contribution is 6.33. The van der Waals surface area contributed by atoms with Crippen molar-refractivity contribution in [3.63, 3.8) is 0 Å². The predicted octanol–water partition coefficient (Wildman–Crippen LogP) is 3.51. The zero-order chi connectivity index (χ0) is 13.8. The lowest BCUT2D eigenvalue weighted by atomic mass is 10.1. The van der Waals surface area contributed by atoms with Crippen molar-refractivity contribution in [2.24, 2.45) is 0 Å². The summed E-state index contributed by atoms with van der Waals surface area (Å²) in [5.41, 5.74) is 1.89. The lowest BCUT2D eigenvalue weighted by Crippen LogP contribution is -2.42. The van der Waals surface area contributed by atoms with Gasteiger partial charge in [0.25, 0.3) is 0 Å². The van der Waals surface area contributed by atoms with E-state index in [2.05, 4.69) is 10.6 Å². The minimum Gasteiger partial charge on any atom is -0.372 e. The van der Waals surface area contributed by atoms with Crippen molar-refractivity contribution in [2.45, 2.75) is 51.6 Å². The first-order valence-electron chi connectivity index (χ1n) is 6.90. The molecular weight excluding hydrogens is 260 g/mol. The van der Waals surface area contributed by atoms with Crippen LogP contribution in [0.4, 0.5) is 5.69 Å². The predicted molar refractivity (Wildman–Crippen MR) is 79.7 cm³/mol. The SMILES string of the molecule is Cc1cccc(Cl)c1NC(C)C(=O)NC1CCCC1. The highest BCUT2D eigenvalue weighted by Gasteiger charge is 2.21. The van der Waals surface area contributed by atoms with Crippen LogP contribution in [0.25, 0.3) is 0 Å². The topological polar surface area (TPSA) is 41.1 Å². The second kappa shape index (κ2) is 6.29. The fourth-order valence-corrected chi connectivity index (χ4v) is 2.77. The molecule has 19 heavy (non-hydrogen) atoms. The van der Waals surface area contributed by atoms with E-state index < -0.39 is 0 Å². The number of para-hydroxylation sites is 1. The van der Waals surface area contributed by atoms with Gasteiger partial charge in [-0.15, -0.1) is 0 Å². The Labute approximate surface area is 119 Å². The van der Waals surface area contributed by atoms with Gasteiger partial charge in [0.2, 0.25) is 5.91 Å². The largest absolute Gasteiger partial charge is 0.372 e. The Hall–Kier alpha value is -1.22. The number of halogens is 1. The molecule has 1 fully saturated rings. The van der Waals surface area contributed by atoms with Crippen molar-refractivity contribution in [1.82, 2.24) is 5.32 Å². The third-order valence-corrected chi connectivity index (χ3v) is 3.99. The Kier molecular flexibility index (Phi) is 4.70. The molecule has 1 aliphatic rings. The molecule has 0 saturated heterocycles. The maximum Gasteiger partial charge on any atom is 0.242 e. The zero-order valence-electron chi connectivity index (χ0n) is 11.5. The van der Waals surface area contributed by atoms with E-state index >= 15 is 0 Å². The van der Waals surface area contributed by atoms with Crippen molar-refractivity contribution in [3.8, 4) is 0 Å². The summed E-state index contributed by atoms with van der Waals surface area (Å²) in [4.78, 5) is 12.1. The van der Waals surface area contributed by atoms with Crippen molar-refractivity contribution in [1.29, 1.82) is 0 Å². The molecule has 1 aromatic carbocycles. The number of carbonyl (C=O) groups excluding carboxylic acids is 1. The quantitative estimate of drug-likeness (QED) is 0.886. The number of rotatable bonds is 4. The molecule has 0 spiro atoms. The van der Waals surface area contributed by atoms with Crippen LogP contribution in [0.15, 0.2) is 18.2 Å². The molecule has 1 aromatic rings. The van der Waals surface area contributed by atoms with Gasteiger partial charge in [-0.25, -0.2) is 0 Å². The zero-order valence-corrected chi connectivity index (χ0v) is 12.3. The van der Waals surface area contributed by atoms with Gasteiger partial charge in [-0.2, -0.15) is 0 Å². The van der Waals surface area contributed by atoms with Gasteiger partial charge in [-0.1, -0.05) is 36.6 Å². The number of carbonyl (C=O) groups is 1. The number of aryl methyl sites for hydroxylation is 1. The monoisotopic (exact) mass is 280 g/mol. The minimum atomic E-state index is -0.279. The molecule has 1 saturated carbocycles. The average molecular weight is 281 g/mol. The van der Waals surface area contributed by atoms with Crippen LogP contribution in [0.1, 0.15) is 38.2 Å². The van der Waals surface area contributed by atoms with Crippen LogP contribution in [0, 0.1) is 6.92 Å². The second-order valence-corrected chi connectivity index (χ2v) is 5.69. The number of nitrogens with one attached hydrogen (secondary N) is 2. The molecule has 2 N–H and O–H groups in total. The number of anilines is 1. The fraction of sp³-hybridized carbons (Fsp3) is 0.533. The summed E-state index contributed by atoms with van der Waals surface area (Å²) in [6.07, 6.45) is 4.64. The van der Waals surface area contributed by atoms with Crippen molar-refractivity contribution >= 4 is 23.2 Å². The third kappa shape index (κ3) is 3.63. The standard InChI is InChI=1S/C15H21ClN2O/c1-10-6-5-9-13(16)14(10)17-11(2)15(19)18-12-7-3-4-8-12/h5-6,9,11-12,17H,3-4,7-8H2,1-2H3,(H,18,19). The summed E-state index contributed by atoms with van der Waals surface area (Å²) in [5, 5.41) is 6.95. The summed E-state index contributed by atoms with van der Waals surface area (Å²) in [5.74, 6) is 0.0474. The number of hydrogen-bond acceptors (Lipinski definition) is 2. The molecule has 1 aliphatic carbocycles. The summed E-state index contributed by atoms with van der Waals surface area (Å²) in [6, 6.07) is 5.80. The van der Waals surface area contributed by atoms with Crippen LogP contribution in [0.5, 0.6) is 0 Å². The van der Waals surface area contributed by atoms with Crippen molar-refractivity contribution in [2.75, 3.05) is 5.32 Å². The molecule has 1 amide bonds. The minimum absolute atomic E-state index is 0.0474. The Balaban J connectivity index is 1.96. The van der Waals surface area contributed by atoms with E-state index in [9.17, 15) is 4.79 Å². The number of hydrogen-bond donors (Lipinski definition) is 2. The van der Waals surface area contributed by atoms with Crippen LogP contribution in [-0.2, 0) is 4.79 Å². The Morgan fingerprint density at radius 2 is 2.05 bits per heavy atom. The lowest BCUT2D eigenvalue weighted by Gasteiger charge is -2.20. The first kappa shape index (κ1) is 14.2. The number of amides is 1. The first-order chi connectivity index (χ1) is 9.08. The normalized spacial score (nSPS) is 17.2. The summed E-state index contributed by atoms with van der Waals surface area (Å²) in [6.45, 7) is 3.85. The Morgan fingerprint density at radius 3 is 2.68 bits per heavy atom. The molecule has 0 bridgehead atoms. The van der Waals surface area contributed by atoms with Gasteiger partial charge < -0.3 is 10.6 Å². The smallest absolute Gasteiger partial charge is 0.242 e. The molecule has 3 nitrogen and oxygen atoms in total. The van der Waals surface area contributed by atoms with Crippen LogP contribution in [-0.4, -0.2) is 18.0 Å². The average Bonchev–Trinajstić information content (AvgIpc) is 2.86. The second-order valence-electron chi connectivity index (χ2n) is 5.29. The molecule has 1 unspecified atom stereocenters. The van der Waals surface area contributed by atoms with E-state index in [0.29, 0.717) is 11.1 Å². The molecule has 104 valence electrons. The van der Waals surface area contributed by atoms with Crippen LogP contribution in [0.3, 0.4) is 0 Å². The molecule has 0 heterocycles. The number of benzene rings is 1. The maximum absolute atomic E-state index is 12.1. The van der Waals surface area contributed by atoms with Crippen LogP contribution >= 0.6 is 11.6 Å². The van der Waals surface area contributed by atoms with Crippen molar-refractivity contribution in [3.05, 3.63) is 28.8 Å². The van der Waals surface area contributed by atoms with E-state index in [-0.39, 0.29) is 11.9 Å². The van der Waals surface area contributed by atoms with Gasteiger partial charge in [0.1, 0.15) is 6.04 Å². The molecular formula is C15H21ClN2O. The van der Waals surface area contributed by atoms with Gasteiger partial charge in [0.15, 0.2) is 0 Å². The summed E-state index contributed by atoms with van der Waals surface area (Å²) < 4.78 is 0. The van der Waals surface area contributed by atoms with E-state index in [4.69, 9.17) is 11.6 Å². The van der Waals surface area contributed by atoms with Gasteiger partial charge >= 0.3 is 0 Å². The van der Waals surface area contributed by atoms with Gasteiger partial charge in [-0.05, 0) is 38.3 Å². The van der Waals surface area contributed by atoms with E-state index in [1.54, 1.807) is 0 Å². The van der Waals surface area contributed by atoms with Gasteiger partial charge in [-0.3, -0.25) is 4.79 Å². The Morgan fingerprint density at radius 1 is 1.37 bits per heavy atom. The van der Waals surface area contributed by atoms with Crippen molar-refractivity contribution < 1.29 is 4.79 Å². The summed E-state index contributed by atoms with van der Waals surface area (Å²) in [7, 11) is 0. The molecule has 2 rings (SSSR count). The van der Waals surface area contributed by atoms with E-state index in [0.717, 1.165) is 24.1 Å². The van der Waals surface area contributed by atoms with Gasteiger partial charge in [0.05, 0.1) is 10.7 Å².